The Kier molecular flexibility index (Phi) is 6.67. The minimum atomic E-state index is -0.675. The van der Waals surface area contributed by atoms with Crippen molar-refractivity contribution >= 4 is 40.8 Å². The van der Waals surface area contributed by atoms with E-state index in [9.17, 15) is 9.59 Å². The molecule has 0 spiro atoms. The largest absolute Gasteiger partial charge is 0.452 e. The van der Waals surface area contributed by atoms with Gasteiger partial charge in [-0.2, -0.15) is 5.10 Å². The lowest BCUT2D eigenvalue weighted by Crippen LogP contribution is -2.21. The maximum absolute atomic E-state index is 12.3. The van der Waals surface area contributed by atoms with Crippen molar-refractivity contribution in [3.63, 3.8) is 0 Å². The van der Waals surface area contributed by atoms with E-state index in [0.29, 0.717) is 28.9 Å². The molecule has 0 unspecified atom stereocenters. The molecule has 6 nitrogen and oxygen atoms in total. The maximum atomic E-state index is 12.3. The molecule has 0 saturated heterocycles. The average Bonchev–Trinajstić information content (AvgIpc) is 2.81. The van der Waals surface area contributed by atoms with Crippen molar-refractivity contribution in [3.05, 3.63) is 45.2 Å². The van der Waals surface area contributed by atoms with Crippen LogP contribution in [0, 0.1) is 19.8 Å². The minimum Gasteiger partial charge on any atom is -0.452 e. The van der Waals surface area contributed by atoms with Crippen molar-refractivity contribution in [2.75, 3.05) is 11.9 Å². The van der Waals surface area contributed by atoms with Crippen molar-refractivity contribution in [1.82, 2.24) is 9.78 Å². The smallest absolute Gasteiger partial charge is 0.343 e. The van der Waals surface area contributed by atoms with E-state index >= 15 is 0 Å². The fourth-order valence-corrected chi connectivity index (χ4v) is 2.96. The second-order valence-corrected chi connectivity index (χ2v) is 7.21. The first-order chi connectivity index (χ1) is 12.2. The number of rotatable bonds is 6. The van der Waals surface area contributed by atoms with Gasteiger partial charge in [0.05, 0.1) is 5.69 Å². The van der Waals surface area contributed by atoms with E-state index in [2.05, 4.69) is 10.4 Å². The Balaban J connectivity index is 2.00. The Morgan fingerprint density at radius 2 is 1.96 bits per heavy atom. The van der Waals surface area contributed by atoms with Crippen LogP contribution in [0.3, 0.4) is 0 Å². The monoisotopic (exact) mass is 397 g/mol. The molecular weight excluding hydrogens is 377 g/mol. The van der Waals surface area contributed by atoms with Crippen LogP contribution in [0.25, 0.3) is 0 Å². The van der Waals surface area contributed by atoms with E-state index < -0.39 is 18.5 Å². The first-order valence-electron chi connectivity index (χ1n) is 8.15. The first kappa shape index (κ1) is 20.3. The van der Waals surface area contributed by atoms with Crippen LogP contribution in [0.4, 0.5) is 5.69 Å². The van der Waals surface area contributed by atoms with Gasteiger partial charge in [0.25, 0.3) is 5.91 Å². The number of ether oxygens (including phenoxy) is 1. The zero-order valence-electron chi connectivity index (χ0n) is 15.1. The molecule has 26 heavy (non-hydrogen) atoms. The number of benzene rings is 1. The van der Waals surface area contributed by atoms with Crippen LogP contribution in [0.5, 0.6) is 0 Å². The topological polar surface area (TPSA) is 73.2 Å². The van der Waals surface area contributed by atoms with Crippen LogP contribution in [0.1, 0.15) is 35.5 Å². The molecule has 1 aromatic heterocycles. The van der Waals surface area contributed by atoms with Crippen LogP contribution in [0.2, 0.25) is 10.2 Å². The molecule has 2 rings (SSSR count). The van der Waals surface area contributed by atoms with Crippen molar-refractivity contribution in [1.29, 1.82) is 0 Å². The van der Waals surface area contributed by atoms with E-state index in [4.69, 9.17) is 27.9 Å². The van der Waals surface area contributed by atoms with Gasteiger partial charge in [-0.05, 0) is 43.5 Å². The number of hydrogen-bond acceptors (Lipinski definition) is 4. The first-order valence-corrected chi connectivity index (χ1v) is 8.90. The van der Waals surface area contributed by atoms with Gasteiger partial charge in [0.1, 0.15) is 10.7 Å². The number of anilines is 1. The molecule has 0 aliphatic carbocycles. The summed E-state index contributed by atoms with van der Waals surface area (Å²) in [6.45, 7) is 7.70. The highest BCUT2D eigenvalue weighted by Gasteiger charge is 2.22. The second-order valence-electron chi connectivity index (χ2n) is 6.41. The lowest BCUT2D eigenvalue weighted by molar-refractivity contribution is -0.119. The summed E-state index contributed by atoms with van der Waals surface area (Å²) in [4.78, 5) is 24.3. The molecule has 1 N–H and O–H groups in total. The van der Waals surface area contributed by atoms with E-state index in [-0.39, 0.29) is 10.7 Å². The Morgan fingerprint density at radius 3 is 2.58 bits per heavy atom. The normalized spacial score (nSPS) is 10.9. The molecule has 140 valence electrons. The van der Waals surface area contributed by atoms with Crippen molar-refractivity contribution < 1.29 is 14.3 Å². The van der Waals surface area contributed by atoms with Crippen molar-refractivity contribution in [2.24, 2.45) is 5.92 Å². The zero-order valence-corrected chi connectivity index (χ0v) is 16.6. The number of carbonyl (C=O) groups excluding carboxylic acids is 2. The molecule has 1 aromatic carbocycles. The summed E-state index contributed by atoms with van der Waals surface area (Å²) in [5.41, 5.74) is 2.07. The molecule has 8 heteroatoms. The maximum Gasteiger partial charge on any atom is 0.343 e. The molecule has 1 amide bonds. The highest BCUT2D eigenvalue weighted by atomic mass is 35.5. The van der Waals surface area contributed by atoms with E-state index in [1.165, 1.54) is 0 Å². The third-order valence-corrected chi connectivity index (χ3v) is 4.22. The van der Waals surface area contributed by atoms with Crippen molar-refractivity contribution in [2.45, 2.75) is 34.2 Å². The molecular formula is C18H21Cl2N3O3. The Hall–Kier alpha value is -2.05. The Labute approximate surface area is 162 Å². The summed E-state index contributed by atoms with van der Waals surface area (Å²) in [6.07, 6.45) is 0. The fourth-order valence-electron chi connectivity index (χ4n) is 2.41. The lowest BCUT2D eigenvalue weighted by Gasteiger charge is -2.09. The molecule has 2 aromatic rings. The van der Waals surface area contributed by atoms with Crippen LogP contribution in [-0.2, 0) is 16.1 Å². The highest BCUT2D eigenvalue weighted by molar-refractivity contribution is 6.32. The summed E-state index contributed by atoms with van der Waals surface area (Å²) >= 11 is 12.1. The zero-order chi connectivity index (χ0) is 19.4. The standard InChI is InChI=1S/C18H21Cl2N3O3/c1-10(2)8-23-17(20)16(12(4)22-23)18(25)26-9-15(24)21-14-6-5-13(19)7-11(14)3/h5-7,10H,8-9H2,1-4H3,(H,21,24). The second kappa shape index (κ2) is 8.56. The molecule has 1 heterocycles. The van der Waals surface area contributed by atoms with Gasteiger partial charge in [0, 0.05) is 17.3 Å². The third-order valence-electron chi connectivity index (χ3n) is 3.60. The predicted molar refractivity (Wildman–Crippen MR) is 102 cm³/mol. The van der Waals surface area contributed by atoms with E-state index in [0.717, 1.165) is 5.56 Å². The highest BCUT2D eigenvalue weighted by Crippen LogP contribution is 2.22. The molecule has 0 fully saturated rings. The van der Waals surface area contributed by atoms with Crippen LogP contribution in [-0.4, -0.2) is 28.3 Å². The third kappa shape index (κ3) is 4.99. The number of halogens is 2. The van der Waals surface area contributed by atoms with Gasteiger partial charge in [0.15, 0.2) is 6.61 Å². The molecule has 0 saturated carbocycles. The predicted octanol–water partition coefficient (Wildman–Crippen LogP) is 4.26. The Morgan fingerprint density at radius 1 is 1.27 bits per heavy atom. The fraction of sp³-hybridized carbons (Fsp3) is 0.389. The quantitative estimate of drug-likeness (QED) is 0.738. The van der Waals surface area contributed by atoms with Gasteiger partial charge < -0.3 is 10.1 Å². The minimum absolute atomic E-state index is 0.183. The molecule has 0 aliphatic heterocycles. The van der Waals surface area contributed by atoms with Gasteiger partial charge in [-0.25, -0.2) is 4.79 Å². The summed E-state index contributed by atoms with van der Waals surface area (Å²) < 4.78 is 6.66. The number of esters is 1. The average molecular weight is 398 g/mol. The number of nitrogens with one attached hydrogen (secondary N) is 1. The number of hydrogen-bond donors (Lipinski definition) is 1. The van der Waals surface area contributed by atoms with Gasteiger partial charge in [0.2, 0.25) is 0 Å². The Bertz CT molecular complexity index is 831. The van der Waals surface area contributed by atoms with Gasteiger partial charge in [-0.15, -0.1) is 0 Å². The van der Waals surface area contributed by atoms with Gasteiger partial charge in [-0.1, -0.05) is 37.0 Å². The number of aryl methyl sites for hydroxylation is 2. The number of carbonyl (C=O) groups is 2. The van der Waals surface area contributed by atoms with Gasteiger partial charge in [-0.3, -0.25) is 9.48 Å². The van der Waals surface area contributed by atoms with Crippen LogP contribution >= 0.6 is 23.2 Å². The summed E-state index contributed by atoms with van der Waals surface area (Å²) in [7, 11) is 0. The molecule has 0 atom stereocenters. The number of nitrogens with zero attached hydrogens (tertiary/aromatic N) is 2. The van der Waals surface area contributed by atoms with Crippen LogP contribution < -0.4 is 5.32 Å². The van der Waals surface area contributed by atoms with Gasteiger partial charge >= 0.3 is 5.97 Å². The van der Waals surface area contributed by atoms with Crippen LogP contribution in [0.15, 0.2) is 18.2 Å². The number of amides is 1. The van der Waals surface area contributed by atoms with E-state index in [1.807, 2.05) is 20.8 Å². The molecule has 0 aliphatic rings. The number of aromatic nitrogens is 2. The summed E-state index contributed by atoms with van der Waals surface area (Å²) in [5, 5.41) is 7.73. The molecule has 0 radical (unpaired) electrons. The molecule has 0 bridgehead atoms. The lowest BCUT2D eigenvalue weighted by atomic mass is 10.2. The summed E-state index contributed by atoms with van der Waals surface area (Å²) in [5.74, 6) is -0.804. The summed E-state index contributed by atoms with van der Waals surface area (Å²) in [6, 6.07) is 5.09. The van der Waals surface area contributed by atoms with E-state index in [1.54, 1.807) is 29.8 Å². The van der Waals surface area contributed by atoms with Crippen molar-refractivity contribution in [3.8, 4) is 0 Å². The SMILES string of the molecule is Cc1cc(Cl)ccc1NC(=O)COC(=O)c1c(C)nn(CC(C)C)c1Cl.